The van der Waals surface area contributed by atoms with Crippen molar-refractivity contribution in [3.05, 3.63) is 70.3 Å². The molecule has 0 aromatic heterocycles. The molecule has 1 unspecified atom stereocenters. The van der Waals surface area contributed by atoms with E-state index >= 15 is 0 Å². The average molecular weight is 581 g/mol. The lowest BCUT2D eigenvalue weighted by atomic mass is 9.72. The van der Waals surface area contributed by atoms with Gasteiger partial charge in [0.1, 0.15) is 16.7 Å². The molecule has 2 aromatic rings. The Morgan fingerprint density at radius 1 is 1.24 bits per heavy atom. The number of carboxylic acids is 1. The van der Waals surface area contributed by atoms with Crippen LogP contribution in [0.15, 0.2) is 68.6 Å². The zero-order valence-electron chi connectivity index (χ0n) is 24.4. The molecule has 0 radical (unpaired) electrons. The van der Waals surface area contributed by atoms with Crippen LogP contribution >= 0.6 is 0 Å². The van der Waals surface area contributed by atoms with Gasteiger partial charge in [-0.25, -0.2) is 8.42 Å². The zero-order chi connectivity index (χ0) is 29.9. The first-order chi connectivity index (χ1) is 19.4. The SMILES string of the molecule is CCN=CC(CC1=C(C(c2ccc(C)c(CN3C[C@@H](CC)Oc4ccccc4S3(=O)=O)c2)C(C)(C)C(=O)O)C1)=NN. The number of aliphatic carboxylic acids is 1. The highest BCUT2D eigenvalue weighted by Crippen LogP contribution is 2.52. The molecule has 3 N–H and O–H groups in total. The molecule has 1 aliphatic carbocycles. The molecule has 9 nitrogen and oxygen atoms in total. The molecule has 0 saturated heterocycles. The van der Waals surface area contributed by atoms with Crippen LogP contribution in [-0.2, 0) is 21.4 Å². The summed E-state index contributed by atoms with van der Waals surface area (Å²) >= 11 is 0. The Balaban J connectivity index is 1.73. The van der Waals surface area contributed by atoms with Gasteiger partial charge in [-0.1, -0.05) is 48.4 Å². The molecule has 4 rings (SSSR count). The number of nitrogens with zero attached hydrogens (tertiary/aromatic N) is 3. The van der Waals surface area contributed by atoms with Crippen LogP contribution in [0.4, 0.5) is 0 Å². The number of aryl methyl sites for hydroxylation is 1. The predicted molar refractivity (Wildman–Crippen MR) is 161 cm³/mol. The van der Waals surface area contributed by atoms with E-state index in [2.05, 4.69) is 10.1 Å². The van der Waals surface area contributed by atoms with E-state index in [0.717, 1.165) is 27.8 Å². The molecule has 2 aromatic carbocycles. The van der Waals surface area contributed by atoms with Crippen molar-refractivity contribution < 1.29 is 23.1 Å². The summed E-state index contributed by atoms with van der Waals surface area (Å²) in [5, 5.41) is 14.1. The number of carbonyl (C=O) groups is 1. The van der Waals surface area contributed by atoms with Crippen LogP contribution in [0.25, 0.3) is 0 Å². The Kier molecular flexibility index (Phi) is 9.03. The highest BCUT2D eigenvalue weighted by atomic mass is 32.2. The van der Waals surface area contributed by atoms with Gasteiger partial charge in [0, 0.05) is 31.6 Å². The van der Waals surface area contributed by atoms with E-state index in [1.54, 1.807) is 44.3 Å². The minimum absolute atomic E-state index is 0.153. The van der Waals surface area contributed by atoms with Gasteiger partial charge >= 0.3 is 5.97 Å². The number of hydrogen-bond acceptors (Lipinski definition) is 7. The quantitative estimate of drug-likeness (QED) is 0.165. The maximum Gasteiger partial charge on any atom is 0.310 e. The lowest BCUT2D eigenvalue weighted by Crippen LogP contribution is -2.36. The molecule has 0 saturated carbocycles. The van der Waals surface area contributed by atoms with Gasteiger partial charge in [0.25, 0.3) is 0 Å². The standard InChI is InChI=1S/C31H40N4O5S/c1-6-25-19-35(41(38,39)28-11-9-8-10-27(28)40-25)18-23-14-21(13-12-20(23)3)29(31(4,5)30(36)37)26-16-22(26)15-24(34-32)17-33-7-2/h8-14,17,25,29H,6-7,15-16,18-19,32H2,1-5H3,(H,36,37)/t25-,29?/m1/s1. The fourth-order valence-corrected chi connectivity index (χ4v) is 6.99. The third kappa shape index (κ3) is 6.38. The van der Waals surface area contributed by atoms with Crippen molar-refractivity contribution in [1.29, 1.82) is 0 Å². The number of ether oxygens (including phenoxy) is 1. The Morgan fingerprint density at radius 3 is 2.63 bits per heavy atom. The Bertz CT molecular complexity index is 1510. The molecule has 41 heavy (non-hydrogen) atoms. The smallest absolute Gasteiger partial charge is 0.310 e. The third-order valence-electron chi connectivity index (χ3n) is 8.01. The molecule has 0 spiro atoms. The molecule has 0 fully saturated rings. The Morgan fingerprint density at radius 2 is 1.98 bits per heavy atom. The number of sulfonamides is 1. The van der Waals surface area contributed by atoms with Crippen LogP contribution in [-0.4, -0.2) is 54.9 Å². The second-order valence-corrected chi connectivity index (χ2v) is 13.2. The number of hydrazone groups is 1. The lowest BCUT2D eigenvalue weighted by molar-refractivity contribution is -0.147. The summed E-state index contributed by atoms with van der Waals surface area (Å²) in [7, 11) is -3.82. The number of benzene rings is 2. The van der Waals surface area contributed by atoms with Crippen molar-refractivity contribution >= 4 is 27.9 Å². The topological polar surface area (TPSA) is 135 Å². The van der Waals surface area contributed by atoms with Gasteiger partial charge in [-0.2, -0.15) is 9.41 Å². The van der Waals surface area contributed by atoms with E-state index in [1.165, 1.54) is 4.31 Å². The fourth-order valence-electron chi connectivity index (χ4n) is 5.42. The molecule has 1 heterocycles. The molecular weight excluding hydrogens is 540 g/mol. The first-order valence-corrected chi connectivity index (χ1v) is 15.4. The van der Waals surface area contributed by atoms with Crippen LogP contribution in [0.5, 0.6) is 5.75 Å². The number of rotatable bonds is 11. The predicted octanol–water partition coefficient (Wildman–Crippen LogP) is 5.05. The highest BCUT2D eigenvalue weighted by molar-refractivity contribution is 7.89. The van der Waals surface area contributed by atoms with Gasteiger partial charge in [0.2, 0.25) is 10.0 Å². The van der Waals surface area contributed by atoms with Gasteiger partial charge in [-0.15, -0.1) is 0 Å². The monoisotopic (exact) mass is 580 g/mol. The van der Waals surface area contributed by atoms with E-state index in [4.69, 9.17) is 10.6 Å². The summed E-state index contributed by atoms with van der Waals surface area (Å²) in [6.45, 7) is 10.3. The van der Waals surface area contributed by atoms with E-state index in [-0.39, 0.29) is 24.1 Å². The number of aliphatic imine (C=N–C) groups is 1. The van der Waals surface area contributed by atoms with Gasteiger partial charge in [0.15, 0.2) is 0 Å². The van der Waals surface area contributed by atoms with Crippen LogP contribution in [0.3, 0.4) is 0 Å². The molecule has 0 amide bonds. The Hall–Kier alpha value is -3.50. The molecule has 2 aliphatic rings. The summed E-state index contributed by atoms with van der Waals surface area (Å²) in [5.41, 5.74) is 4.30. The highest BCUT2D eigenvalue weighted by Gasteiger charge is 2.45. The maximum atomic E-state index is 13.8. The lowest BCUT2D eigenvalue weighted by Gasteiger charge is -2.31. The summed E-state index contributed by atoms with van der Waals surface area (Å²) in [5.74, 6) is 4.65. The number of hydrogen-bond donors (Lipinski definition) is 2. The number of fused-ring (bicyclic) bond motifs is 1. The molecular formula is C31H40N4O5S. The second-order valence-electron chi connectivity index (χ2n) is 11.3. The normalized spacial score (nSPS) is 19.9. The average Bonchev–Trinajstić information content (AvgIpc) is 3.70. The van der Waals surface area contributed by atoms with Crippen molar-refractivity contribution in [2.45, 2.75) is 77.3 Å². The first-order valence-electron chi connectivity index (χ1n) is 14.0. The number of carboxylic acid groups (broad SMARTS) is 1. The van der Waals surface area contributed by atoms with Gasteiger partial charge in [-0.05, 0) is 69.4 Å². The molecule has 10 heteroatoms. The van der Waals surface area contributed by atoms with E-state index in [1.807, 2.05) is 39.0 Å². The van der Waals surface area contributed by atoms with Crippen LogP contribution in [0, 0.1) is 12.3 Å². The Labute approximate surface area is 242 Å². The fraction of sp³-hybridized carbons (Fsp3) is 0.452. The number of para-hydroxylation sites is 1. The van der Waals surface area contributed by atoms with Gasteiger partial charge < -0.3 is 15.7 Å². The van der Waals surface area contributed by atoms with E-state index < -0.39 is 27.3 Å². The second kappa shape index (κ2) is 12.2. The maximum absolute atomic E-state index is 13.8. The first kappa shape index (κ1) is 30.5. The van der Waals surface area contributed by atoms with Crippen molar-refractivity contribution in [1.82, 2.24) is 4.31 Å². The summed E-state index contributed by atoms with van der Waals surface area (Å²) in [6, 6.07) is 12.6. The van der Waals surface area contributed by atoms with E-state index in [0.29, 0.717) is 37.3 Å². The molecule has 1 aliphatic heterocycles. The van der Waals surface area contributed by atoms with Crippen LogP contribution in [0.1, 0.15) is 69.6 Å². The van der Waals surface area contributed by atoms with Crippen molar-refractivity contribution in [3.8, 4) is 5.75 Å². The molecule has 220 valence electrons. The van der Waals surface area contributed by atoms with Crippen molar-refractivity contribution in [3.63, 3.8) is 0 Å². The molecule has 0 bridgehead atoms. The zero-order valence-corrected chi connectivity index (χ0v) is 25.2. The minimum Gasteiger partial charge on any atom is -0.488 e. The summed E-state index contributed by atoms with van der Waals surface area (Å²) in [6.07, 6.45) is 3.24. The largest absolute Gasteiger partial charge is 0.488 e. The molecule has 2 atom stereocenters. The van der Waals surface area contributed by atoms with Crippen molar-refractivity contribution in [2.75, 3.05) is 13.1 Å². The summed E-state index contributed by atoms with van der Waals surface area (Å²) < 4.78 is 35.1. The summed E-state index contributed by atoms with van der Waals surface area (Å²) in [4.78, 5) is 16.9. The number of nitrogens with two attached hydrogens (primary N) is 1. The number of allylic oxidation sites excluding steroid dienone is 2. The van der Waals surface area contributed by atoms with Crippen LogP contribution in [0.2, 0.25) is 0 Å². The minimum atomic E-state index is -3.82. The van der Waals surface area contributed by atoms with Gasteiger partial charge in [0.05, 0.1) is 17.7 Å². The van der Waals surface area contributed by atoms with Crippen molar-refractivity contribution in [2.24, 2.45) is 21.4 Å². The van der Waals surface area contributed by atoms with Crippen LogP contribution < -0.4 is 10.6 Å². The van der Waals surface area contributed by atoms with E-state index in [9.17, 15) is 18.3 Å². The third-order valence-corrected chi connectivity index (χ3v) is 9.87. The van der Waals surface area contributed by atoms with Gasteiger partial charge in [-0.3, -0.25) is 9.79 Å².